The fourth-order valence-corrected chi connectivity index (χ4v) is 2.27. The number of fused-ring (bicyclic) bond motifs is 3. The van der Waals surface area contributed by atoms with E-state index in [1.54, 1.807) is 6.21 Å². The maximum absolute atomic E-state index is 8.40. The Kier molecular flexibility index (Phi) is 1.82. The molecule has 3 fully saturated rings. The first-order valence-corrected chi connectivity index (χ1v) is 4.30. The molecule has 0 aromatic carbocycles. The highest BCUT2D eigenvalue weighted by Crippen LogP contribution is 2.30. The Morgan fingerprint density at radius 2 is 2.09 bits per heavy atom. The summed E-state index contributed by atoms with van der Waals surface area (Å²) in [7, 11) is 0. The van der Waals surface area contributed by atoms with Gasteiger partial charge in [-0.2, -0.15) is 0 Å². The van der Waals surface area contributed by atoms with Gasteiger partial charge in [-0.1, -0.05) is 0 Å². The minimum absolute atomic E-state index is 0.516. The molecule has 0 saturated carbocycles. The van der Waals surface area contributed by atoms with Crippen LogP contribution in [0.25, 0.3) is 0 Å². The van der Waals surface area contributed by atoms with E-state index in [9.17, 15) is 0 Å². The Balaban J connectivity index is 2.02. The van der Waals surface area contributed by atoms with Crippen molar-refractivity contribution in [1.29, 1.82) is 0 Å². The van der Waals surface area contributed by atoms with Crippen LogP contribution in [-0.4, -0.2) is 36.0 Å². The molecule has 3 rings (SSSR count). The quantitative estimate of drug-likeness (QED) is 0.344. The normalized spacial score (nSPS) is 43.5. The lowest BCUT2D eigenvalue weighted by Gasteiger charge is -2.43. The van der Waals surface area contributed by atoms with Crippen molar-refractivity contribution in [1.82, 2.24) is 4.90 Å². The summed E-state index contributed by atoms with van der Waals surface area (Å²) in [5, 5.41) is 11.5. The molecule has 0 spiro atoms. The zero-order valence-electron chi connectivity index (χ0n) is 6.61. The second-order valence-corrected chi connectivity index (χ2v) is 3.57. The molecule has 1 unspecified atom stereocenters. The van der Waals surface area contributed by atoms with Crippen LogP contribution in [0.15, 0.2) is 5.16 Å². The van der Waals surface area contributed by atoms with Gasteiger partial charge in [0.15, 0.2) is 0 Å². The maximum Gasteiger partial charge on any atom is 0.0482 e. The van der Waals surface area contributed by atoms with E-state index in [1.165, 1.54) is 25.9 Å². The van der Waals surface area contributed by atoms with Gasteiger partial charge in [-0.05, 0) is 31.8 Å². The molecule has 0 radical (unpaired) electrons. The summed E-state index contributed by atoms with van der Waals surface area (Å²) in [5.41, 5.74) is 0. The molecular formula is C8H14N2O. The predicted octanol–water partition coefficient (Wildman–Crippen LogP) is 0.788. The van der Waals surface area contributed by atoms with E-state index in [1.807, 2.05) is 0 Å². The van der Waals surface area contributed by atoms with Crippen molar-refractivity contribution < 1.29 is 5.21 Å². The number of piperidine rings is 3. The Hall–Kier alpha value is -0.570. The van der Waals surface area contributed by atoms with Gasteiger partial charge in [0.25, 0.3) is 0 Å². The maximum atomic E-state index is 8.40. The molecule has 3 nitrogen and oxygen atoms in total. The van der Waals surface area contributed by atoms with Crippen LogP contribution in [0.4, 0.5) is 0 Å². The van der Waals surface area contributed by atoms with E-state index in [-0.39, 0.29) is 0 Å². The van der Waals surface area contributed by atoms with E-state index in [0.717, 1.165) is 12.5 Å². The lowest BCUT2D eigenvalue weighted by atomic mass is 9.80. The van der Waals surface area contributed by atoms with Crippen LogP contribution in [0, 0.1) is 11.8 Å². The van der Waals surface area contributed by atoms with Gasteiger partial charge >= 0.3 is 0 Å². The molecule has 3 aliphatic heterocycles. The SMILES string of the molecule is ON=CC1CN2CCC1CC2. The highest BCUT2D eigenvalue weighted by Gasteiger charge is 2.32. The summed E-state index contributed by atoms with van der Waals surface area (Å²) in [6, 6.07) is 0. The first-order chi connectivity index (χ1) is 5.40. The smallest absolute Gasteiger partial charge is 0.0482 e. The Labute approximate surface area is 66.7 Å². The molecule has 62 valence electrons. The van der Waals surface area contributed by atoms with Crippen LogP contribution in [0.3, 0.4) is 0 Å². The molecule has 11 heavy (non-hydrogen) atoms. The third kappa shape index (κ3) is 1.25. The second-order valence-electron chi connectivity index (χ2n) is 3.57. The molecule has 0 aromatic rings. The van der Waals surface area contributed by atoms with Gasteiger partial charge in [0.1, 0.15) is 0 Å². The first-order valence-electron chi connectivity index (χ1n) is 4.30. The fourth-order valence-electron chi connectivity index (χ4n) is 2.27. The van der Waals surface area contributed by atoms with Crippen molar-refractivity contribution in [3.8, 4) is 0 Å². The summed E-state index contributed by atoms with van der Waals surface area (Å²) in [6.07, 6.45) is 4.28. The van der Waals surface area contributed by atoms with Gasteiger partial charge in [-0.15, -0.1) is 5.16 Å². The molecule has 3 saturated heterocycles. The lowest BCUT2D eigenvalue weighted by Crippen LogP contribution is -2.47. The minimum Gasteiger partial charge on any atom is -0.411 e. The highest BCUT2D eigenvalue weighted by molar-refractivity contribution is 5.61. The van der Waals surface area contributed by atoms with Crippen LogP contribution < -0.4 is 0 Å². The zero-order chi connectivity index (χ0) is 7.68. The second kappa shape index (κ2) is 2.81. The standard InChI is InChI=1S/C8H14N2O/c11-9-5-8-6-10-3-1-7(8)2-4-10/h5,7-8,11H,1-4,6H2. The largest absolute Gasteiger partial charge is 0.411 e. The van der Waals surface area contributed by atoms with Gasteiger partial charge in [0.2, 0.25) is 0 Å². The Bertz CT molecular complexity index is 161. The monoisotopic (exact) mass is 154 g/mol. The van der Waals surface area contributed by atoms with E-state index < -0.39 is 0 Å². The van der Waals surface area contributed by atoms with Gasteiger partial charge in [-0.25, -0.2) is 0 Å². The van der Waals surface area contributed by atoms with Crippen molar-refractivity contribution >= 4 is 6.21 Å². The van der Waals surface area contributed by atoms with Crippen LogP contribution in [0.5, 0.6) is 0 Å². The van der Waals surface area contributed by atoms with E-state index in [4.69, 9.17) is 5.21 Å². The van der Waals surface area contributed by atoms with Crippen molar-refractivity contribution in [3.05, 3.63) is 0 Å². The zero-order valence-corrected chi connectivity index (χ0v) is 6.61. The average Bonchev–Trinajstić information content (AvgIpc) is 2.07. The molecule has 0 aromatic heterocycles. The molecule has 3 heteroatoms. The van der Waals surface area contributed by atoms with Gasteiger partial charge in [-0.3, -0.25) is 0 Å². The fraction of sp³-hybridized carbons (Fsp3) is 0.875. The van der Waals surface area contributed by atoms with Crippen LogP contribution in [-0.2, 0) is 0 Å². The van der Waals surface area contributed by atoms with Crippen LogP contribution in [0.2, 0.25) is 0 Å². The van der Waals surface area contributed by atoms with Gasteiger partial charge in [0.05, 0.1) is 0 Å². The minimum atomic E-state index is 0.516. The van der Waals surface area contributed by atoms with Gasteiger partial charge < -0.3 is 10.1 Å². The van der Waals surface area contributed by atoms with Crippen molar-refractivity contribution in [2.24, 2.45) is 17.0 Å². The number of hydrogen-bond acceptors (Lipinski definition) is 3. The molecule has 3 aliphatic rings. The summed E-state index contributed by atoms with van der Waals surface area (Å²) in [6.45, 7) is 3.61. The van der Waals surface area contributed by atoms with E-state index in [0.29, 0.717) is 5.92 Å². The van der Waals surface area contributed by atoms with Crippen molar-refractivity contribution in [3.63, 3.8) is 0 Å². The third-order valence-electron chi connectivity index (χ3n) is 2.96. The predicted molar refractivity (Wildman–Crippen MR) is 42.9 cm³/mol. The number of hydrogen-bond donors (Lipinski definition) is 1. The summed E-state index contributed by atoms with van der Waals surface area (Å²) in [5.74, 6) is 1.30. The van der Waals surface area contributed by atoms with Crippen molar-refractivity contribution in [2.45, 2.75) is 12.8 Å². The van der Waals surface area contributed by atoms with Crippen LogP contribution in [0.1, 0.15) is 12.8 Å². The molecule has 1 N–H and O–H groups in total. The summed E-state index contributed by atoms with van der Waals surface area (Å²) < 4.78 is 0. The molecule has 1 atom stereocenters. The van der Waals surface area contributed by atoms with Gasteiger partial charge in [0, 0.05) is 18.7 Å². The van der Waals surface area contributed by atoms with E-state index >= 15 is 0 Å². The third-order valence-corrected chi connectivity index (χ3v) is 2.96. The van der Waals surface area contributed by atoms with E-state index in [2.05, 4.69) is 10.1 Å². The number of rotatable bonds is 1. The average molecular weight is 154 g/mol. The van der Waals surface area contributed by atoms with Crippen molar-refractivity contribution in [2.75, 3.05) is 19.6 Å². The Morgan fingerprint density at radius 3 is 2.55 bits per heavy atom. The molecule has 3 heterocycles. The molecular weight excluding hydrogens is 140 g/mol. The first kappa shape index (κ1) is 7.10. The topological polar surface area (TPSA) is 35.8 Å². The summed E-state index contributed by atoms with van der Waals surface area (Å²) >= 11 is 0. The Morgan fingerprint density at radius 1 is 1.36 bits per heavy atom. The molecule has 0 amide bonds. The number of oxime groups is 1. The lowest BCUT2D eigenvalue weighted by molar-refractivity contribution is 0.0827. The van der Waals surface area contributed by atoms with Crippen LogP contribution >= 0.6 is 0 Å². The highest BCUT2D eigenvalue weighted by atomic mass is 16.4. The molecule has 2 bridgehead atoms. The molecule has 0 aliphatic carbocycles. The number of nitrogens with zero attached hydrogens (tertiary/aromatic N) is 2. The summed E-state index contributed by atoms with van der Waals surface area (Å²) in [4.78, 5) is 2.45.